The molecular formula is C19H23N3O5. The van der Waals surface area contributed by atoms with E-state index in [2.05, 4.69) is 24.5 Å². The van der Waals surface area contributed by atoms with Gasteiger partial charge in [0.2, 0.25) is 0 Å². The summed E-state index contributed by atoms with van der Waals surface area (Å²) in [7, 11) is 1.37. The van der Waals surface area contributed by atoms with E-state index in [1.807, 2.05) is 24.3 Å². The maximum absolute atomic E-state index is 12.2. The lowest BCUT2D eigenvalue weighted by Crippen LogP contribution is -2.39. The minimum Gasteiger partial charge on any atom is -0.494 e. The van der Waals surface area contributed by atoms with Crippen LogP contribution in [0.15, 0.2) is 42.5 Å². The Bertz CT molecular complexity index is 805. The van der Waals surface area contributed by atoms with Crippen LogP contribution in [0.25, 0.3) is 0 Å². The molecule has 2 aromatic carbocycles. The highest BCUT2D eigenvalue weighted by Crippen LogP contribution is 2.28. The molecule has 1 atom stereocenters. The molecule has 0 spiro atoms. The van der Waals surface area contributed by atoms with E-state index in [1.54, 1.807) is 6.92 Å². The Kier molecular flexibility index (Phi) is 6.59. The van der Waals surface area contributed by atoms with Crippen LogP contribution in [0.5, 0.6) is 11.5 Å². The van der Waals surface area contributed by atoms with Crippen LogP contribution in [-0.2, 0) is 0 Å². The molecule has 2 N–H and O–H groups in total. The van der Waals surface area contributed by atoms with Crippen molar-refractivity contribution >= 4 is 17.4 Å². The van der Waals surface area contributed by atoms with Crippen molar-refractivity contribution in [3.63, 3.8) is 0 Å². The summed E-state index contributed by atoms with van der Waals surface area (Å²) in [4.78, 5) is 22.4. The van der Waals surface area contributed by atoms with E-state index in [9.17, 15) is 14.9 Å². The van der Waals surface area contributed by atoms with Crippen LogP contribution in [0.4, 0.5) is 16.2 Å². The molecule has 2 aromatic rings. The third-order valence-electron chi connectivity index (χ3n) is 3.84. The number of carbonyl (C=O) groups excluding carboxylic acids is 1. The van der Waals surface area contributed by atoms with Crippen molar-refractivity contribution < 1.29 is 19.2 Å². The molecule has 0 saturated carbocycles. The minimum atomic E-state index is -0.584. The van der Waals surface area contributed by atoms with Crippen LogP contribution in [0.3, 0.4) is 0 Å². The summed E-state index contributed by atoms with van der Waals surface area (Å²) in [6, 6.07) is 11.1. The Labute approximate surface area is 157 Å². The summed E-state index contributed by atoms with van der Waals surface area (Å²) in [5.41, 5.74) is 1.39. The average molecular weight is 373 g/mol. The van der Waals surface area contributed by atoms with Gasteiger partial charge in [-0.1, -0.05) is 26.0 Å². The Morgan fingerprint density at radius 2 is 1.78 bits per heavy atom. The summed E-state index contributed by atoms with van der Waals surface area (Å²) >= 11 is 0. The van der Waals surface area contributed by atoms with Gasteiger partial charge in [-0.2, -0.15) is 0 Å². The summed E-state index contributed by atoms with van der Waals surface area (Å²) in [6.45, 7) is 5.91. The first-order chi connectivity index (χ1) is 12.8. The molecule has 8 nitrogen and oxygen atoms in total. The number of benzene rings is 2. The molecule has 27 heavy (non-hydrogen) atoms. The summed E-state index contributed by atoms with van der Waals surface area (Å²) in [6.07, 6.45) is -0.584. The summed E-state index contributed by atoms with van der Waals surface area (Å²) < 4.78 is 10.8. The van der Waals surface area contributed by atoms with Crippen molar-refractivity contribution in [3.05, 3.63) is 58.1 Å². The standard InChI is InChI=1S/C19H23N3O5/c1-12(2)14-5-8-16(9-6-14)27-13(3)20-19(23)21-17-10-7-15(22(24)25)11-18(17)26-4/h5-13H,1-4H3,(H2,20,21,23). The number of hydrogen-bond acceptors (Lipinski definition) is 5. The van der Waals surface area contributed by atoms with Gasteiger partial charge in [0.05, 0.1) is 23.8 Å². The summed E-state index contributed by atoms with van der Waals surface area (Å²) in [5, 5.41) is 16.0. The Morgan fingerprint density at radius 1 is 1.11 bits per heavy atom. The van der Waals surface area contributed by atoms with E-state index in [4.69, 9.17) is 9.47 Å². The first-order valence-electron chi connectivity index (χ1n) is 8.46. The predicted octanol–water partition coefficient (Wildman–Crippen LogP) is 4.27. The number of methoxy groups -OCH3 is 1. The second-order valence-electron chi connectivity index (χ2n) is 6.22. The molecule has 2 rings (SSSR count). The third-order valence-corrected chi connectivity index (χ3v) is 3.84. The van der Waals surface area contributed by atoms with E-state index in [1.165, 1.54) is 30.9 Å². The third kappa shape index (κ3) is 5.60. The second-order valence-corrected chi connectivity index (χ2v) is 6.22. The first kappa shape index (κ1) is 20.0. The molecule has 0 aromatic heterocycles. The quantitative estimate of drug-likeness (QED) is 0.428. The number of ether oxygens (including phenoxy) is 2. The molecule has 0 radical (unpaired) electrons. The number of urea groups is 1. The van der Waals surface area contributed by atoms with Gasteiger partial charge in [0.25, 0.3) is 5.69 Å². The number of anilines is 1. The van der Waals surface area contributed by atoms with E-state index >= 15 is 0 Å². The molecule has 0 saturated heterocycles. The average Bonchev–Trinajstić information content (AvgIpc) is 2.62. The topological polar surface area (TPSA) is 103 Å². The normalized spacial score (nSPS) is 11.6. The van der Waals surface area contributed by atoms with Gasteiger partial charge in [-0.05, 0) is 36.6 Å². The SMILES string of the molecule is COc1cc([N+](=O)[O-])ccc1NC(=O)NC(C)Oc1ccc(C(C)C)cc1. The molecule has 144 valence electrons. The molecule has 0 heterocycles. The van der Waals surface area contributed by atoms with Crippen molar-refractivity contribution in [1.82, 2.24) is 5.32 Å². The van der Waals surface area contributed by atoms with Gasteiger partial charge in [0.1, 0.15) is 11.5 Å². The van der Waals surface area contributed by atoms with Crippen molar-refractivity contribution in [3.8, 4) is 11.5 Å². The van der Waals surface area contributed by atoms with Gasteiger partial charge in [0.15, 0.2) is 6.23 Å². The molecule has 8 heteroatoms. The molecule has 0 fully saturated rings. The van der Waals surface area contributed by atoms with Crippen LogP contribution in [0, 0.1) is 10.1 Å². The fourth-order valence-electron chi connectivity index (χ4n) is 2.40. The largest absolute Gasteiger partial charge is 0.494 e. The zero-order valence-electron chi connectivity index (χ0n) is 15.7. The van der Waals surface area contributed by atoms with Crippen LogP contribution >= 0.6 is 0 Å². The maximum atomic E-state index is 12.2. The van der Waals surface area contributed by atoms with Crippen LogP contribution in [-0.4, -0.2) is 24.3 Å². The summed E-state index contributed by atoms with van der Waals surface area (Å²) in [5.74, 6) is 1.26. The highest BCUT2D eigenvalue weighted by molar-refractivity contribution is 5.91. The zero-order valence-corrected chi connectivity index (χ0v) is 15.7. The number of hydrogen-bond donors (Lipinski definition) is 2. The predicted molar refractivity (Wildman–Crippen MR) is 102 cm³/mol. The lowest BCUT2D eigenvalue weighted by Gasteiger charge is -2.18. The fourth-order valence-corrected chi connectivity index (χ4v) is 2.40. The Hall–Kier alpha value is -3.29. The Balaban J connectivity index is 1.95. The van der Waals surface area contributed by atoms with Crippen molar-refractivity contribution in [2.24, 2.45) is 0 Å². The van der Waals surface area contributed by atoms with Crippen molar-refractivity contribution in [2.45, 2.75) is 32.9 Å². The van der Waals surface area contributed by atoms with E-state index in [0.29, 0.717) is 17.4 Å². The van der Waals surface area contributed by atoms with E-state index in [0.717, 1.165) is 0 Å². The van der Waals surface area contributed by atoms with Gasteiger partial charge in [-0.3, -0.25) is 10.1 Å². The van der Waals surface area contributed by atoms with E-state index in [-0.39, 0.29) is 11.4 Å². The molecule has 0 aliphatic carbocycles. The molecule has 0 aliphatic rings. The van der Waals surface area contributed by atoms with Gasteiger partial charge in [-0.15, -0.1) is 0 Å². The number of rotatable bonds is 7. The zero-order chi connectivity index (χ0) is 20.0. The van der Waals surface area contributed by atoms with E-state index < -0.39 is 17.2 Å². The monoisotopic (exact) mass is 373 g/mol. The number of nitro benzene ring substituents is 1. The highest BCUT2D eigenvalue weighted by Gasteiger charge is 2.15. The van der Waals surface area contributed by atoms with Crippen LogP contribution in [0.2, 0.25) is 0 Å². The lowest BCUT2D eigenvalue weighted by molar-refractivity contribution is -0.384. The maximum Gasteiger partial charge on any atom is 0.322 e. The molecule has 2 amide bonds. The molecular weight excluding hydrogens is 350 g/mol. The number of amides is 2. The number of nitrogens with zero attached hydrogens (tertiary/aromatic N) is 1. The lowest BCUT2D eigenvalue weighted by atomic mass is 10.0. The smallest absolute Gasteiger partial charge is 0.322 e. The van der Waals surface area contributed by atoms with Crippen LogP contribution < -0.4 is 20.1 Å². The minimum absolute atomic E-state index is 0.126. The van der Waals surface area contributed by atoms with Crippen molar-refractivity contribution in [2.75, 3.05) is 12.4 Å². The highest BCUT2D eigenvalue weighted by atomic mass is 16.6. The molecule has 1 unspecified atom stereocenters. The molecule has 0 aliphatic heterocycles. The van der Waals surface area contributed by atoms with Gasteiger partial charge in [-0.25, -0.2) is 4.79 Å². The Morgan fingerprint density at radius 3 is 2.33 bits per heavy atom. The number of nitro groups is 1. The first-order valence-corrected chi connectivity index (χ1v) is 8.46. The fraction of sp³-hybridized carbons (Fsp3) is 0.316. The van der Waals surface area contributed by atoms with Gasteiger partial charge < -0.3 is 20.1 Å². The number of carbonyl (C=O) groups is 1. The van der Waals surface area contributed by atoms with Gasteiger partial charge in [0, 0.05) is 6.07 Å². The van der Waals surface area contributed by atoms with Crippen LogP contribution in [0.1, 0.15) is 32.3 Å². The van der Waals surface area contributed by atoms with Crippen molar-refractivity contribution in [1.29, 1.82) is 0 Å². The number of non-ortho nitro benzene ring substituents is 1. The molecule has 0 bridgehead atoms. The second kappa shape index (κ2) is 8.88. The number of nitrogens with one attached hydrogen (secondary N) is 2. The van der Waals surface area contributed by atoms with Gasteiger partial charge >= 0.3 is 6.03 Å².